The fourth-order valence-electron chi connectivity index (χ4n) is 2.36. The van der Waals surface area contributed by atoms with E-state index < -0.39 is 6.10 Å². The summed E-state index contributed by atoms with van der Waals surface area (Å²) < 4.78 is 5.70. The second kappa shape index (κ2) is 8.21. The molecule has 0 aliphatic carbocycles. The zero-order chi connectivity index (χ0) is 18.5. The molecule has 0 bridgehead atoms. The topological polar surface area (TPSA) is 50.7 Å². The number of nitrogens with one attached hydrogen (secondary N) is 1. The zero-order valence-electron chi connectivity index (χ0n) is 13.9. The van der Waals surface area contributed by atoms with E-state index in [1.807, 2.05) is 42.5 Å². The van der Waals surface area contributed by atoms with Crippen LogP contribution in [0, 0.1) is 0 Å². The van der Waals surface area contributed by atoms with E-state index in [1.165, 1.54) is 6.21 Å². The lowest BCUT2D eigenvalue weighted by Gasteiger charge is -2.13. The monoisotopic (exact) mass is 386 g/mol. The standard InChI is InChI=1S/C20H16Cl2N2O2/c1-13(26-18-9-7-14-4-2-3-5-15(14)10-18)20(25)24-23-12-16-6-8-17(21)11-19(16)22/h2-13H,1H3,(H,24,25). The fourth-order valence-corrected chi connectivity index (χ4v) is 2.82. The highest BCUT2D eigenvalue weighted by Gasteiger charge is 2.14. The van der Waals surface area contributed by atoms with Crippen molar-refractivity contribution in [3.05, 3.63) is 76.3 Å². The van der Waals surface area contributed by atoms with Crippen molar-refractivity contribution in [3.63, 3.8) is 0 Å². The number of carbonyl (C=O) groups is 1. The summed E-state index contributed by atoms with van der Waals surface area (Å²) in [5.74, 6) is 0.260. The Labute approximate surface area is 161 Å². The second-order valence-corrected chi connectivity index (χ2v) is 6.51. The van der Waals surface area contributed by atoms with E-state index in [9.17, 15) is 4.79 Å². The van der Waals surface area contributed by atoms with Crippen LogP contribution in [0.2, 0.25) is 10.0 Å². The molecule has 6 heteroatoms. The van der Waals surface area contributed by atoms with Gasteiger partial charge >= 0.3 is 0 Å². The Balaban J connectivity index is 1.60. The summed E-state index contributed by atoms with van der Waals surface area (Å²) >= 11 is 11.9. The molecule has 0 aromatic heterocycles. The molecule has 132 valence electrons. The van der Waals surface area contributed by atoms with Gasteiger partial charge in [-0.3, -0.25) is 4.79 Å². The maximum absolute atomic E-state index is 12.1. The van der Waals surface area contributed by atoms with E-state index in [2.05, 4.69) is 10.5 Å². The molecule has 3 aromatic rings. The summed E-state index contributed by atoms with van der Waals surface area (Å²) in [6.45, 7) is 1.66. The van der Waals surface area contributed by atoms with Gasteiger partial charge in [-0.05, 0) is 42.0 Å². The number of hydrogen-bond acceptors (Lipinski definition) is 3. The average molecular weight is 387 g/mol. The molecule has 1 amide bonds. The molecule has 0 heterocycles. The highest BCUT2D eigenvalue weighted by atomic mass is 35.5. The highest BCUT2D eigenvalue weighted by Crippen LogP contribution is 2.21. The third-order valence-corrected chi connectivity index (χ3v) is 4.31. The minimum absolute atomic E-state index is 0.362. The quantitative estimate of drug-likeness (QED) is 0.491. The largest absolute Gasteiger partial charge is 0.481 e. The first-order valence-corrected chi connectivity index (χ1v) is 8.72. The van der Waals surface area contributed by atoms with Crippen LogP contribution in [0.1, 0.15) is 12.5 Å². The summed E-state index contributed by atoms with van der Waals surface area (Å²) in [5.41, 5.74) is 3.10. The fraction of sp³-hybridized carbons (Fsp3) is 0.100. The Morgan fingerprint density at radius 2 is 1.85 bits per heavy atom. The normalized spacial score (nSPS) is 12.3. The predicted molar refractivity (Wildman–Crippen MR) is 106 cm³/mol. The van der Waals surface area contributed by atoms with E-state index in [-0.39, 0.29) is 5.91 Å². The SMILES string of the molecule is CC(Oc1ccc2ccccc2c1)C(=O)NN=Cc1ccc(Cl)cc1Cl. The summed E-state index contributed by atoms with van der Waals surface area (Å²) in [7, 11) is 0. The number of benzene rings is 3. The van der Waals surface area contributed by atoms with Gasteiger partial charge in [-0.2, -0.15) is 5.10 Å². The molecule has 0 saturated heterocycles. The van der Waals surface area contributed by atoms with Gasteiger partial charge in [-0.25, -0.2) is 5.43 Å². The molecule has 0 saturated carbocycles. The molecule has 0 aliphatic heterocycles. The first kappa shape index (κ1) is 18.2. The first-order valence-electron chi connectivity index (χ1n) is 7.96. The zero-order valence-corrected chi connectivity index (χ0v) is 15.5. The molecule has 26 heavy (non-hydrogen) atoms. The molecular weight excluding hydrogens is 371 g/mol. The minimum Gasteiger partial charge on any atom is -0.481 e. The Morgan fingerprint density at radius 1 is 1.08 bits per heavy atom. The van der Waals surface area contributed by atoms with Gasteiger partial charge in [0, 0.05) is 10.6 Å². The maximum Gasteiger partial charge on any atom is 0.280 e. The number of amides is 1. The summed E-state index contributed by atoms with van der Waals surface area (Å²) in [6, 6.07) is 18.7. The van der Waals surface area contributed by atoms with Crippen molar-refractivity contribution in [2.45, 2.75) is 13.0 Å². The Hall–Kier alpha value is -2.56. The Kier molecular flexibility index (Phi) is 5.76. The molecule has 1 N–H and O–H groups in total. The van der Waals surface area contributed by atoms with Gasteiger partial charge in [0.05, 0.1) is 11.2 Å². The summed E-state index contributed by atoms with van der Waals surface area (Å²) in [4.78, 5) is 12.1. The number of rotatable bonds is 5. The van der Waals surface area contributed by atoms with Crippen LogP contribution in [0.25, 0.3) is 10.8 Å². The lowest BCUT2D eigenvalue weighted by Crippen LogP contribution is -2.33. The van der Waals surface area contributed by atoms with Crippen LogP contribution in [0.15, 0.2) is 65.8 Å². The predicted octanol–water partition coefficient (Wildman–Crippen LogP) is 5.06. The first-order chi connectivity index (χ1) is 12.5. The van der Waals surface area contributed by atoms with Gasteiger partial charge in [0.15, 0.2) is 6.10 Å². The summed E-state index contributed by atoms with van der Waals surface area (Å²) in [6.07, 6.45) is 0.758. The van der Waals surface area contributed by atoms with Gasteiger partial charge in [0.1, 0.15) is 5.75 Å². The second-order valence-electron chi connectivity index (χ2n) is 5.67. The number of ether oxygens (including phenoxy) is 1. The van der Waals surface area contributed by atoms with Crippen molar-refractivity contribution in [2.75, 3.05) is 0 Å². The molecule has 3 aromatic carbocycles. The van der Waals surface area contributed by atoms with Gasteiger partial charge in [0.25, 0.3) is 5.91 Å². The maximum atomic E-state index is 12.1. The van der Waals surface area contributed by atoms with Crippen LogP contribution in [0.5, 0.6) is 5.75 Å². The number of halogens is 2. The van der Waals surface area contributed by atoms with Crippen molar-refractivity contribution >= 4 is 46.1 Å². The van der Waals surface area contributed by atoms with Gasteiger partial charge < -0.3 is 4.74 Å². The smallest absolute Gasteiger partial charge is 0.280 e. The molecule has 0 spiro atoms. The van der Waals surface area contributed by atoms with E-state index in [1.54, 1.807) is 25.1 Å². The third-order valence-electron chi connectivity index (χ3n) is 3.74. The van der Waals surface area contributed by atoms with Gasteiger partial charge in [-0.1, -0.05) is 59.6 Å². The van der Waals surface area contributed by atoms with Crippen LogP contribution >= 0.6 is 23.2 Å². The van der Waals surface area contributed by atoms with Crippen molar-refractivity contribution < 1.29 is 9.53 Å². The molecule has 0 fully saturated rings. The number of nitrogens with zero attached hydrogens (tertiary/aromatic N) is 1. The Bertz CT molecular complexity index is 973. The molecule has 3 rings (SSSR count). The van der Waals surface area contributed by atoms with E-state index >= 15 is 0 Å². The van der Waals surface area contributed by atoms with E-state index in [4.69, 9.17) is 27.9 Å². The lowest BCUT2D eigenvalue weighted by molar-refractivity contribution is -0.127. The number of hydrogen-bond donors (Lipinski definition) is 1. The van der Waals surface area contributed by atoms with Crippen LogP contribution < -0.4 is 10.2 Å². The Morgan fingerprint density at radius 3 is 2.62 bits per heavy atom. The van der Waals surface area contributed by atoms with Gasteiger partial charge in [0.2, 0.25) is 0 Å². The van der Waals surface area contributed by atoms with E-state index in [0.29, 0.717) is 21.4 Å². The van der Waals surface area contributed by atoms with Crippen molar-refractivity contribution in [3.8, 4) is 5.75 Å². The number of carbonyl (C=O) groups excluding carboxylic acids is 1. The molecule has 1 unspecified atom stereocenters. The molecule has 4 nitrogen and oxygen atoms in total. The molecule has 0 radical (unpaired) electrons. The minimum atomic E-state index is -0.700. The van der Waals surface area contributed by atoms with Crippen LogP contribution in [0.4, 0.5) is 0 Å². The number of fused-ring (bicyclic) bond motifs is 1. The highest BCUT2D eigenvalue weighted by molar-refractivity contribution is 6.36. The van der Waals surface area contributed by atoms with Crippen LogP contribution in [-0.4, -0.2) is 18.2 Å². The number of hydrazone groups is 1. The molecular formula is C20H16Cl2N2O2. The van der Waals surface area contributed by atoms with Gasteiger partial charge in [-0.15, -0.1) is 0 Å². The molecule has 0 aliphatic rings. The van der Waals surface area contributed by atoms with E-state index in [0.717, 1.165) is 10.8 Å². The van der Waals surface area contributed by atoms with Crippen molar-refractivity contribution in [1.29, 1.82) is 0 Å². The van der Waals surface area contributed by atoms with Crippen LogP contribution in [0.3, 0.4) is 0 Å². The van der Waals surface area contributed by atoms with Crippen molar-refractivity contribution in [2.24, 2.45) is 5.10 Å². The summed E-state index contributed by atoms with van der Waals surface area (Å²) in [5, 5.41) is 7.06. The average Bonchev–Trinajstić information content (AvgIpc) is 2.63. The molecule has 1 atom stereocenters. The third kappa shape index (κ3) is 4.54. The lowest BCUT2D eigenvalue weighted by atomic mass is 10.1. The van der Waals surface area contributed by atoms with Crippen molar-refractivity contribution in [1.82, 2.24) is 5.43 Å². The van der Waals surface area contributed by atoms with Crippen LogP contribution in [-0.2, 0) is 4.79 Å².